The second kappa shape index (κ2) is 5.17. The first-order valence-corrected chi connectivity index (χ1v) is 7.41. The minimum Gasteiger partial charge on any atom is -0.294 e. The fraction of sp³-hybridized carbons (Fsp3) is 0.267. The average molecular weight is 285 g/mol. The summed E-state index contributed by atoms with van der Waals surface area (Å²) >= 11 is 1.60. The average Bonchev–Trinajstić information content (AvgIpc) is 2.94. The third-order valence-corrected chi connectivity index (χ3v) is 4.43. The molecule has 102 valence electrons. The number of ketones is 1. The van der Waals surface area contributed by atoms with E-state index >= 15 is 0 Å². The molecule has 5 heteroatoms. The second-order valence-corrected chi connectivity index (χ2v) is 5.77. The number of carbonyl (C=O) groups is 1. The summed E-state index contributed by atoms with van der Waals surface area (Å²) in [5.41, 5.74) is 7.19. The van der Waals surface area contributed by atoms with E-state index in [0.717, 1.165) is 22.5 Å². The Balaban J connectivity index is 2.10. The second-order valence-electron chi connectivity index (χ2n) is 4.66. The van der Waals surface area contributed by atoms with Crippen molar-refractivity contribution in [1.29, 1.82) is 0 Å². The van der Waals surface area contributed by atoms with Gasteiger partial charge in [0.05, 0.1) is 12.1 Å². The third-order valence-electron chi connectivity index (χ3n) is 3.33. The van der Waals surface area contributed by atoms with Crippen LogP contribution in [-0.2, 0) is 6.42 Å². The van der Waals surface area contributed by atoms with Gasteiger partial charge in [-0.05, 0) is 25.0 Å². The topological polar surface area (TPSA) is 53.8 Å². The smallest absolute Gasteiger partial charge is 0.163 e. The van der Waals surface area contributed by atoms with Crippen molar-refractivity contribution in [3.8, 4) is 11.1 Å². The molecule has 20 heavy (non-hydrogen) atoms. The van der Waals surface area contributed by atoms with Gasteiger partial charge in [-0.25, -0.2) is 5.43 Å². The molecule has 0 fully saturated rings. The highest BCUT2D eigenvalue weighted by molar-refractivity contribution is 7.17. The minimum absolute atomic E-state index is 0.0633. The SMILES string of the molecule is CCN=NNc1sc2c(c1C(C)=O)-c1ccccc1C2. The van der Waals surface area contributed by atoms with E-state index in [9.17, 15) is 4.79 Å². The van der Waals surface area contributed by atoms with Crippen LogP contribution in [0.4, 0.5) is 5.00 Å². The highest BCUT2D eigenvalue weighted by Crippen LogP contribution is 2.47. The number of hydrogen-bond acceptors (Lipinski definition) is 4. The number of anilines is 1. The maximum absolute atomic E-state index is 12.0. The summed E-state index contributed by atoms with van der Waals surface area (Å²) in [7, 11) is 0. The molecule has 0 amide bonds. The Morgan fingerprint density at radius 2 is 2.20 bits per heavy atom. The number of nitrogens with zero attached hydrogens (tertiary/aromatic N) is 2. The van der Waals surface area contributed by atoms with Crippen molar-refractivity contribution in [3.05, 3.63) is 40.3 Å². The Labute approximate surface area is 121 Å². The van der Waals surface area contributed by atoms with Gasteiger partial charge >= 0.3 is 0 Å². The van der Waals surface area contributed by atoms with Gasteiger partial charge in [-0.1, -0.05) is 29.5 Å². The minimum atomic E-state index is 0.0633. The fourth-order valence-electron chi connectivity index (χ4n) is 2.54. The van der Waals surface area contributed by atoms with Crippen molar-refractivity contribution in [3.63, 3.8) is 0 Å². The van der Waals surface area contributed by atoms with Crippen molar-refractivity contribution < 1.29 is 4.79 Å². The van der Waals surface area contributed by atoms with Gasteiger partial charge < -0.3 is 0 Å². The van der Waals surface area contributed by atoms with Gasteiger partial charge in [0.1, 0.15) is 5.00 Å². The molecule has 0 aliphatic heterocycles. The number of Topliss-reactive ketones (excluding diaryl/α,β-unsaturated/α-hetero) is 1. The van der Waals surface area contributed by atoms with E-state index in [4.69, 9.17) is 0 Å². The lowest BCUT2D eigenvalue weighted by atomic mass is 10.0. The zero-order valence-corrected chi connectivity index (χ0v) is 12.3. The number of carbonyl (C=O) groups excluding carboxylic acids is 1. The van der Waals surface area contributed by atoms with Gasteiger partial charge in [0.2, 0.25) is 0 Å². The first-order valence-electron chi connectivity index (χ1n) is 6.59. The Morgan fingerprint density at radius 3 is 2.95 bits per heavy atom. The largest absolute Gasteiger partial charge is 0.294 e. The van der Waals surface area contributed by atoms with Gasteiger partial charge in [-0.15, -0.1) is 11.3 Å². The first kappa shape index (κ1) is 13.0. The molecule has 3 rings (SSSR count). The number of fused-ring (bicyclic) bond motifs is 3. The summed E-state index contributed by atoms with van der Waals surface area (Å²) in [4.78, 5) is 13.3. The lowest BCUT2D eigenvalue weighted by molar-refractivity contribution is 0.101. The van der Waals surface area contributed by atoms with E-state index in [-0.39, 0.29) is 5.78 Å². The van der Waals surface area contributed by atoms with Crippen molar-refractivity contribution in [2.45, 2.75) is 20.3 Å². The molecular weight excluding hydrogens is 270 g/mol. The van der Waals surface area contributed by atoms with Crippen LogP contribution in [0, 0.1) is 0 Å². The predicted octanol–water partition coefficient (Wildman–Crippen LogP) is 4.32. The van der Waals surface area contributed by atoms with Crippen LogP contribution in [0.5, 0.6) is 0 Å². The summed E-state index contributed by atoms with van der Waals surface area (Å²) in [6.45, 7) is 4.14. The van der Waals surface area contributed by atoms with Crippen LogP contribution in [-0.4, -0.2) is 12.3 Å². The van der Waals surface area contributed by atoms with E-state index in [1.807, 2.05) is 19.1 Å². The third kappa shape index (κ3) is 2.04. The van der Waals surface area contributed by atoms with Crippen LogP contribution >= 0.6 is 11.3 Å². The number of thiophene rings is 1. The number of nitrogens with one attached hydrogen (secondary N) is 1. The van der Waals surface area contributed by atoms with Crippen molar-refractivity contribution in [1.82, 2.24) is 0 Å². The molecule has 0 saturated carbocycles. The predicted molar refractivity (Wildman–Crippen MR) is 81.6 cm³/mol. The number of hydrogen-bond donors (Lipinski definition) is 1. The van der Waals surface area contributed by atoms with Crippen LogP contribution in [0.2, 0.25) is 0 Å². The molecule has 1 aromatic heterocycles. The molecule has 0 atom stereocenters. The van der Waals surface area contributed by atoms with Crippen molar-refractivity contribution in [2.75, 3.05) is 12.0 Å². The van der Waals surface area contributed by atoms with Gasteiger partial charge in [0.15, 0.2) is 5.78 Å². The molecule has 0 bridgehead atoms. The highest BCUT2D eigenvalue weighted by Gasteiger charge is 2.28. The molecule has 0 unspecified atom stereocenters. The van der Waals surface area contributed by atoms with Gasteiger partial charge in [0, 0.05) is 16.9 Å². The molecule has 2 aromatic rings. The van der Waals surface area contributed by atoms with Gasteiger partial charge in [-0.3, -0.25) is 4.79 Å². The summed E-state index contributed by atoms with van der Waals surface area (Å²) in [5.74, 6) is 0.0633. The van der Waals surface area contributed by atoms with Gasteiger partial charge in [-0.2, -0.15) is 5.11 Å². The zero-order valence-electron chi connectivity index (χ0n) is 11.4. The van der Waals surface area contributed by atoms with Crippen LogP contribution < -0.4 is 5.43 Å². The van der Waals surface area contributed by atoms with E-state index in [1.165, 1.54) is 16.0 Å². The Kier molecular flexibility index (Phi) is 3.36. The molecule has 0 spiro atoms. The Hall–Kier alpha value is -2.01. The Morgan fingerprint density at radius 1 is 1.40 bits per heavy atom. The summed E-state index contributed by atoms with van der Waals surface area (Å²) in [6.07, 6.45) is 0.892. The fourth-order valence-corrected chi connectivity index (χ4v) is 3.77. The lowest BCUT2D eigenvalue weighted by Gasteiger charge is -2.04. The summed E-state index contributed by atoms with van der Waals surface area (Å²) in [6, 6.07) is 8.25. The highest BCUT2D eigenvalue weighted by atomic mass is 32.1. The Bertz CT molecular complexity index is 703. The first-order chi connectivity index (χ1) is 9.72. The normalized spacial score (nSPS) is 12.5. The molecule has 0 radical (unpaired) electrons. The lowest BCUT2D eigenvalue weighted by Crippen LogP contribution is -1.97. The molecule has 4 nitrogen and oxygen atoms in total. The molecule has 0 saturated heterocycles. The zero-order chi connectivity index (χ0) is 14.1. The van der Waals surface area contributed by atoms with Gasteiger partial charge in [0.25, 0.3) is 0 Å². The molecule has 1 aliphatic carbocycles. The maximum atomic E-state index is 12.0. The van der Waals surface area contributed by atoms with Crippen LogP contribution in [0.3, 0.4) is 0 Å². The molecule has 1 aromatic carbocycles. The van der Waals surface area contributed by atoms with Crippen LogP contribution in [0.15, 0.2) is 34.6 Å². The van der Waals surface area contributed by atoms with E-state index in [1.54, 1.807) is 18.3 Å². The van der Waals surface area contributed by atoms with E-state index in [0.29, 0.717) is 6.54 Å². The van der Waals surface area contributed by atoms with Crippen LogP contribution in [0.1, 0.15) is 34.6 Å². The van der Waals surface area contributed by atoms with Crippen LogP contribution in [0.25, 0.3) is 11.1 Å². The summed E-state index contributed by atoms with van der Waals surface area (Å²) < 4.78 is 0. The maximum Gasteiger partial charge on any atom is 0.163 e. The monoisotopic (exact) mass is 285 g/mol. The van der Waals surface area contributed by atoms with Crippen molar-refractivity contribution >= 4 is 22.1 Å². The summed E-state index contributed by atoms with van der Waals surface area (Å²) in [5, 5.41) is 8.61. The quantitative estimate of drug-likeness (QED) is 0.441. The number of benzene rings is 1. The molecular formula is C15H15N3OS. The number of rotatable bonds is 4. The standard InChI is InChI=1S/C15H15N3OS/c1-3-16-18-17-15-13(9(2)19)14-11-7-5-4-6-10(11)8-12(14)20-15/h4-7H,3,8H2,1-2H3,(H,16,17). The molecule has 1 heterocycles. The molecule has 1 N–H and O–H groups in total. The van der Waals surface area contributed by atoms with Crippen molar-refractivity contribution in [2.24, 2.45) is 10.3 Å². The van der Waals surface area contributed by atoms with E-state index < -0.39 is 0 Å². The van der Waals surface area contributed by atoms with E-state index in [2.05, 4.69) is 27.9 Å². The molecule has 1 aliphatic rings.